The largest absolute Gasteiger partial charge is 0.493 e. The van der Waals surface area contributed by atoms with Crippen LogP contribution in [0.15, 0.2) is 46.9 Å². The molecule has 6 nitrogen and oxygen atoms in total. The van der Waals surface area contributed by atoms with Gasteiger partial charge in [-0.3, -0.25) is 9.59 Å². The van der Waals surface area contributed by atoms with Crippen LogP contribution in [0.3, 0.4) is 0 Å². The van der Waals surface area contributed by atoms with Crippen LogP contribution >= 0.6 is 15.9 Å². The molecule has 1 heterocycles. The number of anilines is 1. The minimum atomic E-state index is -0.304. The zero-order valence-electron chi connectivity index (χ0n) is 15.7. The van der Waals surface area contributed by atoms with Gasteiger partial charge in [-0.25, -0.2) is 0 Å². The fourth-order valence-electron chi connectivity index (χ4n) is 3.01. The lowest BCUT2D eigenvalue weighted by molar-refractivity contribution is 0.0857. The van der Waals surface area contributed by atoms with E-state index in [2.05, 4.69) is 26.6 Å². The standard InChI is InChI=1S/C21H23BrN2O4/c1-2-27-19-9-8-15(22)12-18(19)21(26)24-16-6-3-5-14(11-16)20(25)23-13-17-7-4-10-28-17/h3,5-6,8-9,11-12,17H,2,4,7,10,13H2,1H3,(H,23,25)(H,24,26). The van der Waals surface area contributed by atoms with Gasteiger partial charge < -0.3 is 20.1 Å². The first-order chi connectivity index (χ1) is 13.6. The highest BCUT2D eigenvalue weighted by atomic mass is 79.9. The number of hydrogen-bond donors (Lipinski definition) is 2. The average Bonchev–Trinajstić information content (AvgIpc) is 3.21. The van der Waals surface area contributed by atoms with Crippen molar-refractivity contribution >= 4 is 33.4 Å². The molecule has 0 bridgehead atoms. The normalized spacial score (nSPS) is 15.9. The fourth-order valence-corrected chi connectivity index (χ4v) is 3.37. The molecular formula is C21H23BrN2O4. The van der Waals surface area contributed by atoms with Gasteiger partial charge in [0.15, 0.2) is 0 Å². The van der Waals surface area contributed by atoms with E-state index in [1.165, 1.54) is 0 Å². The summed E-state index contributed by atoms with van der Waals surface area (Å²) in [6, 6.07) is 12.1. The van der Waals surface area contributed by atoms with Crippen LogP contribution in [0.1, 0.15) is 40.5 Å². The molecule has 1 atom stereocenters. The first-order valence-electron chi connectivity index (χ1n) is 9.30. The summed E-state index contributed by atoms with van der Waals surface area (Å²) < 4.78 is 11.8. The van der Waals surface area contributed by atoms with Gasteiger partial charge in [0.05, 0.1) is 18.3 Å². The van der Waals surface area contributed by atoms with E-state index in [0.29, 0.717) is 35.7 Å². The lowest BCUT2D eigenvalue weighted by Gasteiger charge is -2.13. The molecule has 28 heavy (non-hydrogen) atoms. The van der Waals surface area contributed by atoms with Crippen molar-refractivity contribution in [3.63, 3.8) is 0 Å². The molecule has 148 valence electrons. The van der Waals surface area contributed by atoms with Crippen LogP contribution in [0.5, 0.6) is 5.75 Å². The van der Waals surface area contributed by atoms with E-state index < -0.39 is 0 Å². The molecule has 2 amide bonds. The highest BCUT2D eigenvalue weighted by Gasteiger charge is 2.17. The number of nitrogens with one attached hydrogen (secondary N) is 2. The Kier molecular flexibility index (Phi) is 7.06. The van der Waals surface area contributed by atoms with E-state index in [1.54, 1.807) is 36.4 Å². The monoisotopic (exact) mass is 446 g/mol. The van der Waals surface area contributed by atoms with Gasteiger partial charge >= 0.3 is 0 Å². The summed E-state index contributed by atoms with van der Waals surface area (Å²) in [5, 5.41) is 5.72. The summed E-state index contributed by atoms with van der Waals surface area (Å²) >= 11 is 3.38. The van der Waals surface area contributed by atoms with E-state index in [4.69, 9.17) is 9.47 Å². The van der Waals surface area contributed by atoms with E-state index in [0.717, 1.165) is 23.9 Å². The molecule has 0 aliphatic carbocycles. The second kappa shape index (κ2) is 9.71. The molecule has 1 aliphatic rings. The topological polar surface area (TPSA) is 76.7 Å². The molecule has 0 saturated carbocycles. The van der Waals surface area contributed by atoms with E-state index >= 15 is 0 Å². The van der Waals surface area contributed by atoms with Gasteiger partial charge in [-0.1, -0.05) is 22.0 Å². The second-order valence-corrected chi connectivity index (χ2v) is 7.37. The quantitative estimate of drug-likeness (QED) is 0.673. The maximum absolute atomic E-state index is 12.7. The minimum Gasteiger partial charge on any atom is -0.493 e. The first-order valence-corrected chi connectivity index (χ1v) is 10.1. The van der Waals surface area contributed by atoms with E-state index in [9.17, 15) is 9.59 Å². The van der Waals surface area contributed by atoms with Crippen LogP contribution in [0.2, 0.25) is 0 Å². The van der Waals surface area contributed by atoms with Gasteiger partial charge in [0.2, 0.25) is 0 Å². The maximum Gasteiger partial charge on any atom is 0.259 e. The molecule has 1 unspecified atom stereocenters. The van der Waals surface area contributed by atoms with Crippen LogP contribution in [0, 0.1) is 0 Å². The predicted molar refractivity (Wildman–Crippen MR) is 111 cm³/mol. The molecule has 0 spiro atoms. The molecule has 0 aromatic heterocycles. The summed E-state index contributed by atoms with van der Waals surface area (Å²) in [7, 11) is 0. The number of halogens is 1. The lowest BCUT2D eigenvalue weighted by Crippen LogP contribution is -2.31. The Morgan fingerprint density at radius 3 is 2.82 bits per heavy atom. The molecule has 2 N–H and O–H groups in total. The summed E-state index contributed by atoms with van der Waals surface area (Å²) in [6.45, 7) is 3.57. The van der Waals surface area contributed by atoms with Crippen LogP contribution in [-0.4, -0.2) is 37.7 Å². The van der Waals surface area contributed by atoms with Crippen LogP contribution < -0.4 is 15.4 Å². The van der Waals surface area contributed by atoms with Crippen molar-refractivity contribution in [2.45, 2.75) is 25.9 Å². The van der Waals surface area contributed by atoms with Crippen molar-refractivity contribution in [1.82, 2.24) is 5.32 Å². The number of ether oxygens (including phenoxy) is 2. The zero-order chi connectivity index (χ0) is 19.9. The third-order valence-corrected chi connectivity index (χ3v) is 4.88. The molecule has 1 fully saturated rings. The predicted octanol–water partition coefficient (Wildman–Crippen LogP) is 4.01. The lowest BCUT2D eigenvalue weighted by atomic mass is 10.1. The van der Waals surface area contributed by atoms with Gasteiger partial charge in [0.25, 0.3) is 11.8 Å². The van der Waals surface area contributed by atoms with Gasteiger partial charge in [0.1, 0.15) is 5.75 Å². The molecule has 2 aromatic carbocycles. The Morgan fingerprint density at radius 2 is 2.07 bits per heavy atom. The van der Waals surface area contributed by atoms with Crippen molar-refractivity contribution in [2.75, 3.05) is 25.1 Å². The van der Waals surface area contributed by atoms with Gasteiger partial charge in [-0.05, 0) is 56.2 Å². The Morgan fingerprint density at radius 1 is 1.21 bits per heavy atom. The van der Waals surface area contributed by atoms with Crippen LogP contribution in [0.4, 0.5) is 5.69 Å². The molecule has 2 aromatic rings. The summed E-state index contributed by atoms with van der Waals surface area (Å²) in [5.74, 6) is 0.0133. The molecule has 1 saturated heterocycles. The second-order valence-electron chi connectivity index (χ2n) is 6.45. The average molecular weight is 447 g/mol. The Balaban J connectivity index is 1.67. The summed E-state index contributed by atoms with van der Waals surface area (Å²) in [4.78, 5) is 25.1. The van der Waals surface area contributed by atoms with Gasteiger partial charge in [0, 0.05) is 28.9 Å². The van der Waals surface area contributed by atoms with Gasteiger partial charge in [-0.2, -0.15) is 0 Å². The Labute approximate surface area is 172 Å². The van der Waals surface area contributed by atoms with E-state index in [1.807, 2.05) is 13.0 Å². The molecule has 1 aliphatic heterocycles. The SMILES string of the molecule is CCOc1ccc(Br)cc1C(=O)Nc1cccc(C(=O)NCC2CCCO2)c1. The summed E-state index contributed by atoms with van der Waals surface area (Å²) in [5.41, 5.74) is 1.44. The Bertz CT molecular complexity index is 850. The van der Waals surface area contributed by atoms with Crippen LogP contribution in [0.25, 0.3) is 0 Å². The minimum absolute atomic E-state index is 0.0837. The molecule has 7 heteroatoms. The number of carbonyl (C=O) groups is 2. The fraction of sp³-hybridized carbons (Fsp3) is 0.333. The number of rotatable bonds is 7. The zero-order valence-corrected chi connectivity index (χ0v) is 17.3. The third kappa shape index (κ3) is 5.33. The van der Waals surface area contributed by atoms with Crippen LogP contribution in [-0.2, 0) is 4.74 Å². The van der Waals surface area contributed by atoms with Crippen molar-refractivity contribution in [2.24, 2.45) is 0 Å². The maximum atomic E-state index is 12.7. The smallest absolute Gasteiger partial charge is 0.259 e. The Hall–Kier alpha value is -2.38. The molecule has 3 rings (SSSR count). The van der Waals surface area contributed by atoms with Crippen molar-refractivity contribution in [3.8, 4) is 5.75 Å². The third-order valence-electron chi connectivity index (χ3n) is 4.38. The van der Waals surface area contributed by atoms with Crippen molar-refractivity contribution in [3.05, 3.63) is 58.1 Å². The number of amides is 2. The number of hydrogen-bond acceptors (Lipinski definition) is 4. The highest BCUT2D eigenvalue weighted by molar-refractivity contribution is 9.10. The first kappa shape index (κ1) is 20.4. The van der Waals surface area contributed by atoms with Gasteiger partial charge in [-0.15, -0.1) is 0 Å². The number of carbonyl (C=O) groups excluding carboxylic acids is 2. The molecular weight excluding hydrogens is 424 g/mol. The van der Waals surface area contributed by atoms with Crippen molar-refractivity contribution < 1.29 is 19.1 Å². The van der Waals surface area contributed by atoms with Crippen molar-refractivity contribution in [1.29, 1.82) is 0 Å². The summed E-state index contributed by atoms with van der Waals surface area (Å²) in [6.07, 6.45) is 2.08. The highest BCUT2D eigenvalue weighted by Crippen LogP contribution is 2.24. The molecule has 0 radical (unpaired) electrons. The number of benzene rings is 2. The van der Waals surface area contributed by atoms with E-state index in [-0.39, 0.29) is 17.9 Å².